The van der Waals surface area contributed by atoms with Crippen LogP contribution < -0.4 is 27.0 Å². The quantitative estimate of drug-likeness (QED) is 0.210. The standard InChI is InChI=1S/C18H37N5O3/c1-16(24)15-23-18(26)8-4-7-17(25)22-14-6-13-21-11-3-2-10-20-12-5-9-19/h20-21H,2-15,19H2,1H3,(H,22,25)(H,23,26). The molecule has 0 aromatic carbocycles. The number of carbonyl (C=O) groups is 3. The highest BCUT2D eigenvalue weighted by Crippen LogP contribution is 1.95. The molecule has 0 aromatic heterocycles. The smallest absolute Gasteiger partial charge is 0.220 e. The zero-order chi connectivity index (χ0) is 19.5. The van der Waals surface area contributed by atoms with Gasteiger partial charge in [0.1, 0.15) is 5.78 Å². The molecule has 0 unspecified atom stereocenters. The number of nitrogens with one attached hydrogen (secondary N) is 4. The molecule has 0 bridgehead atoms. The highest BCUT2D eigenvalue weighted by Gasteiger charge is 2.05. The summed E-state index contributed by atoms with van der Waals surface area (Å²) in [7, 11) is 0. The minimum atomic E-state index is -0.188. The van der Waals surface area contributed by atoms with Crippen LogP contribution in [0.1, 0.15) is 51.9 Å². The van der Waals surface area contributed by atoms with Gasteiger partial charge in [-0.1, -0.05) is 0 Å². The Morgan fingerprint density at radius 3 is 1.81 bits per heavy atom. The predicted octanol–water partition coefficient (Wildman–Crippen LogP) is -0.324. The van der Waals surface area contributed by atoms with E-state index < -0.39 is 0 Å². The van der Waals surface area contributed by atoms with Gasteiger partial charge in [-0.25, -0.2) is 0 Å². The normalized spacial score (nSPS) is 10.5. The number of carbonyl (C=O) groups excluding carboxylic acids is 3. The summed E-state index contributed by atoms with van der Waals surface area (Å²) in [6, 6.07) is 0. The fourth-order valence-electron chi connectivity index (χ4n) is 2.23. The van der Waals surface area contributed by atoms with Gasteiger partial charge in [0, 0.05) is 19.4 Å². The lowest BCUT2D eigenvalue weighted by atomic mass is 10.2. The number of nitrogens with two attached hydrogens (primary N) is 1. The van der Waals surface area contributed by atoms with E-state index in [0.29, 0.717) is 19.4 Å². The van der Waals surface area contributed by atoms with Crippen molar-refractivity contribution in [2.24, 2.45) is 5.73 Å². The van der Waals surface area contributed by atoms with Gasteiger partial charge in [0.05, 0.1) is 6.54 Å². The Morgan fingerprint density at radius 2 is 1.23 bits per heavy atom. The molecule has 0 aliphatic rings. The molecule has 0 rings (SSSR count). The van der Waals surface area contributed by atoms with Gasteiger partial charge in [0.15, 0.2) is 0 Å². The number of hydrogen-bond donors (Lipinski definition) is 5. The molecule has 0 aliphatic carbocycles. The number of Topliss-reactive ketones (excluding diaryl/α,β-unsaturated/α-hetero) is 1. The van der Waals surface area contributed by atoms with Crippen LogP contribution in [0.4, 0.5) is 0 Å². The first kappa shape index (κ1) is 24.5. The van der Waals surface area contributed by atoms with E-state index >= 15 is 0 Å². The van der Waals surface area contributed by atoms with Gasteiger partial charge < -0.3 is 27.0 Å². The lowest BCUT2D eigenvalue weighted by molar-refractivity contribution is -0.125. The van der Waals surface area contributed by atoms with Gasteiger partial charge in [-0.2, -0.15) is 0 Å². The van der Waals surface area contributed by atoms with E-state index in [1.54, 1.807) is 0 Å². The second kappa shape index (κ2) is 18.3. The van der Waals surface area contributed by atoms with Gasteiger partial charge in [-0.15, -0.1) is 0 Å². The average molecular weight is 372 g/mol. The lowest BCUT2D eigenvalue weighted by Crippen LogP contribution is -2.29. The van der Waals surface area contributed by atoms with Crippen molar-refractivity contribution < 1.29 is 14.4 Å². The maximum absolute atomic E-state index is 11.6. The molecule has 2 amide bonds. The van der Waals surface area contributed by atoms with Gasteiger partial charge in [0.2, 0.25) is 11.8 Å². The molecule has 0 heterocycles. The molecule has 0 fully saturated rings. The van der Waals surface area contributed by atoms with E-state index in [2.05, 4.69) is 21.3 Å². The molecule has 8 heteroatoms. The first-order valence-corrected chi connectivity index (χ1v) is 9.70. The van der Waals surface area contributed by atoms with Crippen molar-refractivity contribution in [1.29, 1.82) is 0 Å². The summed E-state index contributed by atoms with van der Waals surface area (Å²) in [5.41, 5.74) is 5.42. The summed E-state index contributed by atoms with van der Waals surface area (Å²) < 4.78 is 0. The van der Waals surface area contributed by atoms with Crippen molar-refractivity contribution in [3.8, 4) is 0 Å². The lowest BCUT2D eigenvalue weighted by Gasteiger charge is -2.07. The Balaban J connectivity index is 3.29. The number of unbranched alkanes of at least 4 members (excludes halogenated alkanes) is 1. The highest BCUT2D eigenvalue weighted by molar-refractivity contribution is 5.84. The van der Waals surface area contributed by atoms with Crippen LogP contribution in [-0.4, -0.2) is 63.4 Å². The summed E-state index contributed by atoms with van der Waals surface area (Å²) in [5.74, 6) is -0.302. The van der Waals surface area contributed by atoms with Crippen LogP contribution >= 0.6 is 0 Å². The number of hydrogen-bond acceptors (Lipinski definition) is 6. The summed E-state index contributed by atoms with van der Waals surface area (Å²) in [6.45, 7) is 6.76. The topological polar surface area (TPSA) is 125 Å². The number of ketones is 1. The monoisotopic (exact) mass is 371 g/mol. The van der Waals surface area contributed by atoms with E-state index in [0.717, 1.165) is 58.4 Å². The first-order valence-electron chi connectivity index (χ1n) is 9.70. The third-order valence-electron chi connectivity index (χ3n) is 3.71. The molecule has 152 valence electrons. The summed E-state index contributed by atoms with van der Waals surface area (Å²) in [6.07, 6.45) is 5.28. The van der Waals surface area contributed by atoms with Crippen LogP contribution in [0.15, 0.2) is 0 Å². The molecule has 0 aliphatic heterocycles. The van der Waals surface area contributed by atoms with Crippen molar-refractivity contribution in [3.05, 3.63) is 0 Å². The van der Waals surface area contributed by atoms with E-state index in [1.165, 1.54) is 6.92 Å². The van der Waals surface area contributed by atoms with E-state index in [9.17, 15) is 14.4 Å². The van der Waals surface area contributed by atoms with Crippen LogP contribution in [0.5, 0.6) is 0 Å². The second-order valence-corrected chi connectivity index (χ2v) is 6.39. The van der Waals surface area contributed by atoms with Crippen molar-refractivity contribution in [2.45, 2.75) is 51.9 Å². The Hall–Kier alpha value is -1.51. The summed E-state index contributed by atoms with van der Waals surface area (Å²) in [5, 5.41) is 12.1. The molecular formula is C18H37N5O3. The van der Waals surface area contributed by atoms with Gasteiger partial charge in [-0.3, -0.25) is 14.4 Å². The highest BCUT2D eigenvalue weighted by atomic mass is 16.2. The molecular weight excluding hydrogens is 334 g/mol. The summed E-state index contributed by atoms with van der Waals surface area (Å²) in [4.78, 5) is 33.8. The largest absolute Gasteiger partial charge is 0.356 e. The Morgan fingerprint density at radius 1 is 0.692 bits per heavy atom. The molecule has 8 nitrogen and oxygen atoms in total. The van der Waals surface area contributed by atoms with Crippen LogP contribution in [0.25, 0.3) is 0 Å². The molecule has 0 aromatic rings. The Labute approximate surface area is 157 Å². The van der Waals surface area contributed by atoms with Gasteiger partial charge in [-0.05, 0) is 71.8 Å². The van der Waals surface area contributed by atoms with Crippen LogP contribution in [0.3, 0.4) is 0 Å². The van der Waals surface area contributed by atoms with Crippen LogP contribution in [0, 0.1) is 0 Å². The maximum atomic E-state index is 11.6. The average Bonchev–Trinajstić information content (AvgIpc) is 2.61. The SMILES string of the molecule is CC(=O)CNC(=O)CCCC(=O)NCCCNCCCCNCCCN. The third-order valence-corrected chi connectivity index (χ3v) is 3.71. The van der Waals surface area contributed by atoms with Crippen molar-refractivity contribution in [3.63, 3.8) is 0 Å². The zero-order valence-corrected chi connectivity index (χ0v) is 16.2. The zero-order valence-electron chi connectivity index (χ0n) is 16.2. The fourth-order valence-corrected chi connectivity index (χ4v) is 2.23. The summed E-state index contributed by atoms with van der Waals surface area (Å²) >= 11 is 0. The molecule has 0 saturated heterocycles. The molecule has 0 radical (unpaired) electrons. The minimum absolute atomic E-state index is 0.0343. The maximum Gasteiger partial charge on any atom is 0.220 e. The van der Waals surface area contributed by atoms with Gasteiger partial charge in [0.25, 0.3) is 0 Å². The Bertz CT molecular complexity index is 391. The number of amides is 2. The Kier molecular flexibility index (Phi) is 17.2. The predicted molar refractivity (Wildman–Crippen MR) is 104 cm³/mol. The molecule has 0 saturated carbocycles. The third kappa shape index (κ3) is 18.8. The molecule has 6 N–H and O–H groups in total. The van der Waals surface area contributed by atoms with Crippen molar-refractivity contribution in [1.82, 2.24) is 21.3 Å². The fraction of sp³-hybridized carbons (Fsp3) is 0.833. The minimum Gasteiger partial charge on any atom is -0.356 e. The van der Waals surface area contributed by atoms with Crippen molar-refractivity contribution >= 4 is 17.6 Å². The van der Waals surface area contributed by atoms with Crippen LogP contribution in [-0.2, 0) is 14.4 Å². The molecule has 0 spiro atoms. The van der Waals surface area contributed by atoms with E-state index in [1.807, 2.05) is 0 Å². The molecule has 26 heavy (non-hydrogen) atoms. The number of rotatable bonds is 18. The second-order valence-electron chi connectivity index (χ2n) is 6.39. The molecule has 0 atom stereocenters. The van der Waals surface area contributed by atoms with Crippen LogP contribution in [0.2, 0.25) is 0 Å². The van der Waals surface area contributed by atoms with E-state index in [4.69, 9.17) is 5.73 Å². The van der Waals surface area contributed by atoms with Gasteiger partial charge >= 0.3 is 0 Å². The van der Waals surface area contributed by atoms with E-state index in [-0.39, 0.29) is 30.6 Å². The first-order chi connectivity index (χ1) is 12.6. The van der Waals surface area contributed by atoms with Crippen molar-refractivity contribution in [2.75, 3.05) is 45.8 Å².